The van der Waals surface area contributed by atoms with Crippen LogP contribution in [0.15, 0.2) is 24.3 Å². The second-order valence-electron chi connectivity index (χ2n) is 4.80. The Morgan fingerprint density at radius 3 is 2.85 bits per heavy atom. The maximum absolute atomic E-state index is 12.1. The van der Waals surface area contributed by atoms with Gasteiger partial charge in [-0.3, -0.25) is 4.90 Å². The molecule has 1 aliphatic heterocycles. The van der Waals surface area contributed by atoms with Crippen LogP contribution in [0.25, 0.3) is 0 Å². The fourth-order valence-electron chi connectivity index (χ4n) is 2.15. The molecular weight excluding hydrogens is 260 g/mol. The molecule has 20 heavy (non-hydrogen) atoms. The number of rotatable bonds is 4. The predicted molar refractivity (Wildman–Crippen MR) is 74.1 cm³/mol. The number of hydrogen-bond donors (Lipinski definition) is 2. The van der Waals surface area contributed by atoms with E-state index in [0.29, 0.717) is 24.8 Å². The van der Waals surface area contributed by atoms with Gasteiger partial charge in [-0.2, -0.15) is 0 Å². The SMILES string of the molecule is CN(C(=O)NCC1CCOC1)c1ccccc1C(=O)O. The zero-order valence-electron chi connectivity index (χ0n) is 11.3. The lowest BCUT2D eigenvalue weighted by Crippen LogP contribution is -2.40. The van der Waals surface area contributed by atoms with Crippen molar-refractivity contribution >= 4 is 17.7 Å². The summed E-state index contributed by atoms with van der Waals surface area (Å²) in [5, 5.41) is 11.9. The molecule has 1 fully saturated rings. The molecule has 6 heteroatoms. The molecule has 1 heterocycles. The number of hydrogen-bond acceptors (Lipinski definition) is 3. The number of nitrogens with one attached hydrogen (secondary N) is 1. The third-order valence-electron chi connectivity index (χ3n) is 3.37. The Morgan fingerprint density at radius 2 is 2.20 bits per heavy atom. The molecule has 108 valence electrons. The summed E-state index contributed by atoms with van der Waals surface area (Å²) in [7, 11) is 1.56. The number of carbonyl (C=O) groups excluding carboxylic acids is 1. The molecule has 1 aromatic rings. The maximum Gasteiger partial charge on any atom is 0.337 e. The highest BCUT2D eigenvalue weighted by Gasteiger charge is 2.20. The Morgan fingerprint density at radius 1 is 1.45 bits per heavy atom. The Kier molecular flexibility index (Phi) is 4.57. The molecule has 1 unspecified atom stereocenters. The molecule has 0 radical (unpaired) electrons. The van der Waals surface area contributed by atoms with Crippen molar-refractivity contribution in [3.8, 4) is 0 Å². The van der Waals surface area contributed by atoms with Crippen LogP contribution < -0.4 is 10.2 Å². The van der Waals surface area contributed by atoms with Gasteiger partial charge in [0.2, 0.25) is 0 Å². The predicted octanol–water partition coefficient (Wildman–Crippen LogP) is 1.57. The van der Waals surface area contributed by atoms with E-state index in [1.54, 1.807) is 25.2 Å². The number of amides is 2. The first-order chi connectivity index (χ1) is 9.59. The summed E-state index contributed by atoms with van der Waals surface area (Å²) in [6.07, 6.45) is 0.940. The number of benzene rings is 1. The van der Waals surface area contributed by atoms with Gasteiger partial charge in [0.05, 0.1) is 17.9 Å². The number of carboxylic acid groups (broad SMARTS) is 1. The van der Waals surface area contributed by atoms with Crippen LogP contribution in [0, 0.1) is 5.92 Å². The van der Waals surface area contributed by atoms with E-state index in [1.807, 2.05) is 0 Å². The molecule has 0 spiro atoms. The lowest BCUT2D eigenvalue weighted by atomic mass is 10.1. The highest BCUT2D eigenvalue weighted by Crippen LogP contribution is 2.19. The van der Waals surface area contributed by atoms with Gasteiger partial charge in [-0.25, -0.2) is 9.59 Å². The van der Waals surface area contributed by atoms with Gasteiger partial charge < -0.3 is 15.2 Å². The van der Waals surface area contributed by atoms with Crippen LogP contribution in [-0.4, -0.2) is 43.9 Å². The molecule has 0 saturated carbocycles. The first kappa shape index (κ1) is 14.3. The Hall–Kier alpha value is -2.08. The summed E-state index contributed by atoms with van der Waals surface area (Å²) in [5.74, 6) is -0.716. The van der Waals surface area contributed by atoms with Gasteiger partial charge in [-0.1, -0.05) is 12.1 Å². The number of para-hydroxylation sites is 1. The van der Waals surface area contributed by atoms with Crippen LogP contribution in [0.4, 0.5) is 10.5 Å². The van der Waals surface area contributed by atoms with Crippen molar-refractivity contribution < 1.29 is 19.4 Å². The highest BCUT2D eigenvalue weighted by atomic mass is 16.5. The molecule has 2 rings (SSSR count). The Bertz CT molecular complexity index is 498. The van der Waals surface area contributed by atoms with Crippen molar-refractivity contribution in [1.82, 2.24) is 5.32 Å². The van der Waals surface area contributed by atoms with Crippen molar-refractivity contribution in [2.24, 2.45) is 5.92 Å². The summed E-state index contributed by atoms with van der Waals surface area (Å²) < 4.78 is 5.24. The number of anilines is 1. The molecule has 0 bridgehead atoms. The van der Waals surface area contributed by atoms with Crippen molar-refractivity contribution in [3.05, 3.63) is 29.8 Å². The van der Waals surface area contributed by atoms with E-state index >= 15 is 0 Å². The van der Waals surface area contributed by atoms with Crippen molar-refractivity contribution in [1.29, 1.82) is 0 Å². The standard InChI is InChI=1S/C14H18N2O4/c1-16(12-5-3-2-4-11(12)13(17)18)14(19)15-8-10-6-7-20-9-10/h2-5,10H,6-9H2,1H3,(H,15,19)(H,17,18). The molecule has 0 aromatic heterocycles. The Labute approximate surface area is 117 Å². The van der Waals surface area contributed by atoms with Crippen LogP contribution in [0.3, 0.4) is 0 Å². The number of nitrogens with zero attached hydrogens (tertiary/aromatic N) is 1. The molecule has 1 aliphatic rings. The van der Waals surface area contributed by atoms with Crippen molar-refractivity contribution in [2.75, 3.05) is 31.7 Å². The average Bonchev–Trinajstić information content (AvgIpc) is 2.97. The van der Waals surface area contributed by atoms with Gasteiger partial charge in [0, 0.05) is 26.1 Å². The third kappa shape index (κ3) is 3.27. The van der Waals surface area contributed by atoms with Gasteiger partial charge in [0.1, 0.15) is 0 Å². The largest absolute Gasteiger partial charge is 0.478 e. The van der Waals surface area contributed by atoms with Gasteiger partial charge in [-0.05, 0) is 18.6 Å². The van der Waals surface area contributed by atoms with Crippen LogP contribution in [0.1, 0.15) is 16.8 Å². The Balaban J connectivity index is 2.00. The lowest BCUT2D eigenvalue weighted by Gasteiger charge is -2.20. The minimum Gasteiger partial charge on any atom is -0.478 e. The van der Waals surface area contributed by atoms with Crippen LogP contribution in [-0.2, 0) is 4.74 Å². The minimum absolute atomic E-state index is 0.106. The zero-order chi connectivity index (χ0) is 14.5. The molecule has 2 N–H and O–H groups in total. The van der Waals surface area contributed by atoms with E-state index in [4.69, 9.17) is 9.84 Å². The topological polar surface area (TPSA) is 78.9 Å². The van der Waals surface area contributed by atoms with E-state index in [-0.39, 0.29) is 11.6 Å². The summed E-state index contributed by atoms with van der Waals surface area (Å²) in [5.41, 5.74) is 0.481. The first-order valence-electron chi connectivity index (χ1n) is 6.51. The lowest BCUT2D eigenvalue weighted by molar-refractivity contribution is 0.0697. The van der Waals surface area contributed by atoms with E-state index in [2.05, 4.69) is 5.32 Å². The van der Waals surface area contributed by atoms with Gasteiger partial charge >= 0.3 is 12.0 Å². The van der Waals surface area contributed by atoms with Crippen molar-refractivity contribution in [3.63, 3.8) is 0 Å². The van der Waals surface area contributed by atoms with E-state index in [1.165, 1.54) is 11.0 Å². The molecule has 6 nitrogen and oxygen atoms in total. The number of aromatic carboxylic acids is 1. The average molecular weight is 278 g/mol. The second kappa shape index (κ2) is 6.38. The normalized spacial score (nSPS) is 17.8. The van der Waals surface area contributed by atoms with Crippen LogP contribution >= 0.6 is 0 Å². The molecule has 0 aliphatic carbocycles. The van der Waals surface area contributed by atoms with Crippen molar-refractivity contribution in [2.45, 2.75) is 6.42 Å². The summed E-state index contributed by atoms with van der Waals surface area (Å²) in [6, 6.07) is 6.12. The molecular formula is C14H18N2O4. The first-order valence-corrected chi connectivity index (χ1v) is 6.51. The quantitative estimate of drug-likeness (QED) is 0.876. The maximum atomic E-state index is 12.1. The number of ether oxygens (including phenoxy) is 1. The second-order valence-corrected chi connectivity index (χ2v) is 4.80. The molecule has 2 amide bonds. The summed E-state index contributed by atoms with van der Waals surface area (Å²) >= 11 is 0. The van der Waals surface area contributed by atoms with Gasteiger partial charge in [0.15, 0.2) is 0 Å². The fourth-order valence-corrected chi connectivity index (χ4v) is 2.15. The molecule has 1 aromatic carbocycles. The van der Waals surface area contributed by atoms with E-state index in [9.17, 15) is 9.59 Å². The van der Waals surface area contributed by atoms with E-state index < -0.39 is 5.97 Å². The smallest absolute Gasteiger partial charge is 0.337 e. The number of urea groups is 1. The van der Waals surface area contributed by atoms with Crippen LogP contribution in [0.2, 0.25) is 0 Å². The third-order valence-corrected chi connectivity index (χ3v) is 3.37. The van der Waals surface area contributed by atoms with Gasteiger partial charge in [0.25, 0.3) is 0 Å². The molecule has 1 atom stereocenters. The summed E-state index contributed by atoms with van der Waals surface area (Å²) in [6.45, 7) is 1.94. The monoisotopic (exact) mass is 278 g/mol. The number of carbonyl (C=O) groups is 2. The number of carboxylic acids is 1. The molecule has 1 saturated heterocycles. The van der Waals surface area contributed by atoms with Gasteiger partial charge in [-0.15, -0.1) is 0 Å². The fraction of sp³-hybridized carbons (Fsp3) is 0.429. The van der Waals surface area contributed by atoms with Crippen LogP contribution in [0.5, 0.6) is 0 Å². The summed E-state index contributed by atoms with van der Waals surface area (Å²) in [4.78, 5) is 24.5. The highest BCUT2D eigenvalue weighted by molar-refractivity contribution is 6.01. The minimum atomic E-state index is -1.05. The van der Waals surface area contributed by atoms with E-state index in [0.717, 1.165) is 13.0 Å². The zero-order valence-corrected chi connectivity index (χ0v) is 11.3.